The predicted octanol–water partition coefficient (Wildman–Crippen LogP) is 4.14. The molecule has 0 unspecified atom stereocenters. The van der Waals surface area contributed by atoms with Gasteiger partial charge in [0.25, 0.3) is 5.91 Å². The van der Waals surface area contributed by atoms with Gasteiger partial charge < -0.3 is 10.4 Å². The maximum absolute atomic E-state index is 14.2. The van der Waals surface area contributed by atoms with Crippen LogP contribution in [0.25, 0.3) is 0 Å². The zero-order chi connectivity index (χ0) is 19.3. The van der Waals surface area contributed by atoms with Crippen molar-refractivity contribution in [2.75, 3.05) is 11.9 Å². The van der Waals surface area contributed by atoms with Crippen LogP contribution in [0.2, 0.25) is 0 Å². The molecule has 3 N–H and O–H groups in total. The summed E-state index contributed by atoms with van der Waals surface area (Å²) in [5.41, 5.74) is 1.12. The van der Waals surface area contributed by atoms with Crippen LogP contribution in [0, 0.1) is 15.2 Å². The van der Waals surface area contributed by atoms with E-state index in [1.54, 1.807) is 19.9 Å². The molecular weight excluding hydrogens is 457 g/mol. The number of nitrogens with one attached hydrogen (secondary N) is 2. The van der Waals surface area contributed by atoms with Crippen molar-refractivity contribution in [1.82, 2.24) is 5.48 Å². The number of rotatable bonds is 7. The van der Waals surface area contributed by atoms with Crippen LogP contribution < -0.4 is 10.8 Å². The van der Waals surface area contributed by atoms with Crippen LogP contribution in [-0.2, 0) is 4.84 Å². The Morgan fingerprint density at radius 2 is 1.96 bits per heavy atom. The van der Waals surface area contributed by atoms with Gasteiger partial charge in [-0.05, 0) is 66.8 Å². The smallest absolute Gasteiger partial charge is 0.277 e. The summed E-state index contributed by atoms with van der Waals surface area (Å²) in [6, 6.07) is 8.35. The molecule has 2 rings (SSSR count). The minimum absolute atomic E-state index is 0.0359. The molecule has 2 aromatic rings. The lowest BCUT2D eigenvalue weighted by atomic mass is 10.1. The highest BCUT2D eigenvalue weighted by molar-refractivity contribution is 14.1. The van der Waals surface area contributed by atoms with Crippen molar-refractivity contribution < 1.29 is 23.5 Å². The number of amides is 1. The molecule has 0 bridgehead atoms. The Hall–Kier alpha value is -1.78. The van der Waals surface area contributed by atoms with E-state index < -0.39 is 23.1 Å². The maximum atomic E-state index is 14.2. The minimum atomic E-state index is -0.932. The van der Waals surface area contributed by atoms with Crippen molar-refractivity contribution in [3.05, 3.63) is 57.2 Å². The summed E-state index contributed by atoms with van der Waals surface area (Å²) in [6.07, 6.45) is 0.301. The van der Waals surface area contributed by atoms with Gasteiger partial charge in [0.1, 0.15) is 11.6 Å². The van der Waals surface area contributed by atoms with Crippen molar-refractivity contribution in [3.8, 4) is 0 Å². The van der Waals surface area contributed by atoms with Gasteiger partial charge in [-0.15, -0.1) is 0 Å². The molecule has 0 radical (unpaired) electrons. The molecular formula is C18H19F2IN2O3. The fraction of sp³-hybridized carbons (Fsp3) is 0.278. The number of aliphatic hydroxyl groups is 1. The standard InChI is InChI=1S/C18H19F2IN2O3/c1-18(2,25)8-9-26-23-17(24)12-4-3-5-13(19)16(12)22-15-7-6-11(21)10-14(15)20/h3-7,10,22,25H,8-9H2,1-2H3,(H,23,24). The Morgan fingerprint density at radius 1 is 1.23 bits per heavy atom. The van der Waals surface area contributed by atoms with E-state index in [1.807, 2.05) is 22.6 Å². The van der Waals surface area contributed by atoms with Gasteiger partial charge in [0.05, 0.1) is 29.1 Å². The van der Waals surface area contributed by atoms with Gasteiger partial charge in [-0.2, -0.15) is 0 Å². The highest BCUT2D eigenvalue weighted by atomic mass is 127. The van der Waals surface area contributed by atoms with E-state index in [0.717, 1.165) is 0 Å². The van der Waals surface area contributed by atoms with Gasteiger partial charge >= 0.3 is 0 Å². The van der Waals surface area contributed by atoms with Gasteiger partial charge in [0.15, 0.2) is 0 Å². The van der Waals surface area contributed by atoms with Crippen molar-refractivity contribution >= 4 is 39.9 Å². The summed E-state index contributed by atoms with van der Waals surface area (Å²) >= 11 is 1.96. The number of carbonyl (C=O) groups excluding carboxylic acids is 1. The number of halogens is 3. The normalized spacial score (nSPS) is 11.3. The van der Waals surface area contributed by atoms with Crippen LogP contribution in [0.5, 0.6) is 0 Å². The van der Waals surface area contributed by atoms with Crippen molar-refractivity contribution in [2.24, 2.45) is 0 Å². The van der Waals surface area contributed by atoms with Gasteiger partial charge in [-0.1, -0.05) is 6.07 Å². The monoisotopic (exact) mass is 476 g/mol. The molecule has 0 heterocycles. The van der Waals surface area contributed by atoms with E-state index in [9.17, 15) is 18.7 Å². The first kappa shape index (κ1) is 20.5. The van der Waals surface area contributed by atoms with Crippen LogP contribution >= 0.6 is 22.6 Å². The van der Waals surface area contributed by atoms with Crippen LogP contribution in [0.4, 0.5) is 20.2 Å². The Morgan fingerprint density at radius 3 is 2.62 bits per heavy atom. The van der Waals surface area contributed by atoms with E-state index in [-0.39, 0.29) is 23.5 Å². The van der Waals surface area contributed by atoms with E-state index >= 15 is 0 Å². The number of para-hydroxylation sites is 1. The molecule has 140 valence electrons. The minimum Gasteiger partial charge on any atom is -0.390 e. The maximum Gasteiger partial charge on any atom is 0.277 e. The lowest BCUT2D eigenvalue weighted by Crippen LogP contribution is -2.28. The highest BCUT2D eigenvalue weighted by Gasteiger charge is 2.18. The molecule has 0 aromatic heterocycles. The molecule has 0 aliphatic rings. The number of hydrogen-bond donors (Lipinski definition) is 3. The molecule has 0 aliphatic carbocycles. The van der Waals surface area contributed by atoms with Crippen LogP contribution in [0.3, 0.4) is 0 Å². The molecule has 5 nitrogen and oxygen atoms in total. The summed E-state index contributed by atoms with van der Waals surface area (Å²) in [5, 5.41) is 12.2. The van der Waals surface area contributed by atoms with Crippen LogP contribution in [-0.4, -0.2) is 23.2 Å². The number of carbonyl (C=O) groups is 1. The molecule has 0 saturated heterocycles. The first-order chi connectivity index (χ1) is 12.2. The molecule has 8 heteroatoms. The fourth-order valence-corrected chi connectivity index (χ4v) is 2.49. The average molecular weight is 476 g/mol. The third-order valence-corrected chi connectivity index (χ3v) is 4.10. The first-order valence-corrected chi connectivity index (χ1v) is 8.90. The molecule has 0 atom stereocenters. The van der Waals surface area contributed by atoms with Gasteiger partial charge in [0.2, 0.25) is 0 Å². The molecule has 26 heavy (non-hydrogen) atoms. The molecule has 0 aliphatic heterocycles. The first-order valence-electron chi connectivity index (χ1n) is 7.82. The van der Waals surface area contributed by atoms with Gasteiger partial charge in [-0.25, -0.2) is 14.3 Å². The quantitative estimate of drug-likeness (QED) is 0.319. The zero-order valence-electron chi connectivity index (χ0n) is 14.3. The van der Waals surface area contributed by atoms with Crippen LogP contribution in [0.1, 0.15) is 30.6 Å². The molecule has 0 saturated carbocycles. The van der Waals surface area contributed by atoms with E-state index in [4.69, 9.17) is 4.84 Å². The number of benzene rings is 2. The SMILES string of the molecule is CC(C)(O)CCONC(=O)c1cccc(F)c1Nc1ccc(I)cc1F. The summed E-state index contributed by atoms with van der Waals surface area (Å²) in [5.74, 6) is -1.95. The summed E-state index contributed by atoms with van der Waals surface area (Å²) in [7, 11) is 0. The topological polar surface area (TPSA) is 70.6 Å². The predicted molar refractivity (Wildman–Crippen MR) is 103 cm³/mol. The Balaban J connectivity index is 2.14. The molecule has 1 amide bonds. The van der Waals surface area contributed by atoms with Gasteiger partial charge in [-0.3, -0.25) is 9.63 Å². The Bertz CT molecular complexity index is 794. The number of anilines is 2. The fourth-order valence-electron chi connectivity index (χ4n) is 2.04. The van der Waals surface area contributed by atoms with Crippen molar-refractivity contribution in [2.45, 2.75) is 25.9 Å². The average Bonchev–Trinajstić information content (AvgIpc) is 2.54. The number of hydrogen-bond acceptors (Lipinski definition) is 4. The Labute approximate surface area is 163 Å². The second-order valence-corrected chi connectivity index (χ2v) is 7.50. The lowest BCUT2D eigenvalue weighted by Gasteiger charge is -2.17. The second-order valence-electron chi connectivity index (χ2n) is 6.25. The van der Waals surface area contributed by atoms with E-state index in [2.05, 4.69) is 10.8 Å². The molecule has 0 spiro atoms. The summed E-state index contributed by atoms with van der Waals surface area (Å²) < 4.78 is 28.9. The molecule has 2 aromatic carbocycles. The van der Waals surface area contributed by atoms with Crippen molar-refractivity contribution in [3.63, 3.8) is 0 Å². The largest absolute Gasteiger partial charge is 0.390 e. The third-order valence-electron chi connectivity index (χ3n) is 3.43. The third kappa shape index (κ3) is 5.89. The summed E-state index contributed by atoms with van der Waals surface area (Å²) in [4.78, 5) is 17.3. The van der Waals surface area contributed by atoms with Crippen molar-refractivity contribution in [1.29, 1.82) is 0 Å². The van der Waals surface area contributed by atoms with E-state index in [1.165, 1.54) is 30.3 Å². The second kappa shape index (κ2) is 8.74. The number of hydroxylamine groups is 1. The summed E-state index contributed by atoms with van der Waals surface area (Å²) in [6.45, 7) is 3.31. The van der Waals surface area contributed by atoms with E-state index in [0.29, 0.717) is 9.99 Å². The van der Waals surface area contributed by atoms with Gasteiger partial charge in [0, 0.05) is 9.99 Å². The highest BCUT2D eigenvalue weighted by Crippen LogP contribution is 2.27. The van der Waals surface area contributed by atoms with Crippen LogP contribution in [0.15, 0.2) is 36.4 Å². The molecule has 0 fully saturated rings. The Kier molecular flexibility index (Phi) is 6.90. The lowest BCUT2D eigenvalue weighted by molar-refractivity contribution is -0.00570. The zero-order valence-corrected chi connectivity index (χ0v) is 16.4.